The number of benzene rings is 1. The third-order valence-electron chi connectivity index (χ3n) is 4.69. The third kappa shape index (κ3) is 5.63. The first kappa shape index (κ1) is 25.7. The molecule has 0 saturated carbocycles. The summed E-state index contributed by atoms with van der Waals surface area (Å²) >= 11 is 0. The van der Waals surface area contributed by atoms with Crippen LogP contribution in [-0.2, 0) is 13.0 Å². The molecule has 1 aromatic carbocycles. The number of rotatable bonds is 6. The fraction of sp³-hybridized carbons (Fsp3) is 0.304. The van der Waals surface area contributed by atoms with Crippen LogP contribution in [-0.4, -0.2) is 10.9 Å². The number of nitrogens with zero attached hydrogens (tertiary/aromatic N) is 1. The van der Waals surface area contributed by atoms with Gasteiger partial charge in [0.2, 0.25) is 0 Å². The van der Waals surface area contributed by atoms with Gasteiger partial charge in [0.15, 0.2) is 5.76 Å². The van der Waals surface area contributed by atoms with E-state index in [0.29, 0.717) is 18.2 Å². The number of aryl methyl sites for hydroxylation is 2. The lowest BCUT2D eigenvalue weighted by Crippen LogP contribution is -2.17. The maximum atomic E-state index is 12.7. The van der Waals surface area contributed by atoms with Crippen LogP contribution in [0.1, 0.15) is 46.9 Å². The second-order valence-corrected chi connectivity index (χ2v) is 7.47. The SMILES string of the molecule is Cc1ccc(-c2c(CN)c(CC(C)C)nc(C)c2NC(=O)c2ccco2)cc1.Cl.Cl. The van der Waals surface area contributed by atoms with Gasteiger partial charge in [0.1, 0.15) is 0 Å². The summed E-state index contributed by atoms with van der Waals surface area (Å²) in [6, 6.07) is 11.6. The molecule has 1 amide bonds. The zero-order valence-electron chi connectivity index (χ0n) is 17.7. The molecule has 162 valence electrons. The van der Waals surface area contributed by atoms with Crippen molar-refractivity contribution in [3.8, 4) is 11.1 Å². The van der Waals surface area contributed by atoms with Crippen molar-refractivity contribution in [2.24, 2.45) is 11.7 Å². The molecule has 30 heavy (non-hydrogen) atoms. The van der Waals surface area contributed by atoms with Gasteiger partial charge in [0.05, 0.1) is 17.6 Å². The second-order valence-electron chi connectivity index (χ2n) is 7.47. The first-order chi connectivity index (χ1) is 13.4. The van der Waals surface area contributed by atoms with Crippen LogP contribution in [0.3, 0.4) is 0 Å². The van der Waals surface area contributed by atoms with E-state index in [9.17, 15) is 4.79 Å². The van der Waals surface area contributed by atoms with E-state index in [1.807, 2.05) is 6.92 Å². The Morgan fingerprint density at radius 1 is 1.13 bits per heavy atom. The van der Waals surface area contributed by atoms with Crippen LogP contribution in [0, 0.1) is 19.8 Å². The summed E-state index contributed by atoms with van der Waals surface area (Å²) in [7, 11) is 0. The molecule has 3 N–H and O–H groups in total. The number of aromatic nitrogens is 1. The van der Waals surface area contributed by atoms with Crippen LogP contribution >= 0.6 is 24.8 Å². The molecule has 2 aromatic heterocycles. The fourth-order valence-electron chi connectivity index (χ4n) is 3.35. The second kappa shape index (κ2) is 11.2. The normalized spacial score (nSPS) is 10.3. The molecular formula is C23H29Cl2N3O2. The maximum Gasteiger partial charge on any atom is 0.291 e. The summed E-state index contributed by atoms with van der Waals surface area (Å²) in [5, 5.41) is 3.00. The van der Waals surface area contributed by atoms with Crippen LogP contribution in [0.15, 0.2) is 47.1 Å². The summed E-state index contributed by atoms with van der Waals surface area (Å²) in [5.41, 5.74) is 12.7. The van der Waals surface area contributed by atoms with Crippen LogP contribution in [0.5, 0.6) is 0 Å². The molecule has 0 unspecified atom stereocenters. The Kier molecular flexibility index (Phi) is 9.56. The molecule has 7 heteroatoms. The lowest BCUT2D eigenvalue weighted by atomic mass is 9.92. The number of carbonyl (C=O) groups is 1. The van der Waals surface area contributed by atoms with E-state index in [1.54, 1.807) is 12.1 Å². The topological polar surface area (TPSA) is 81.1 Å². The standard InChI is InChI=1S/C23H27N3O2.2ClH/c1-14(2)12-19-18(13-24)21(17-9-7-15(3)8-10-17)22(16(4)25-19)26-23(27)20-6-5-11-28-20;;/h5-11,14H,12-13,24H2,1-4H3,(H,26,27);2*1H. The third-order valence-corrected chi connectivity index (χ3v) is 4.69. The minimum atomic E-state index is -0.303. The zero-order valence-corrected chi connectivity index (χ0v) is 19.3. The molecule has 0 aliphatic heterocycles. The van der Waals surface area contributed by atoms with E-state index in [2.05, 4.69) is 50.4 Å². The zero-order chi connectivity index (χ0) is 20.3. The van der Waals surface area contributed by atoms with E-state index in [4.69, 9.17) is 15.1 Å². The largest absolute Gasteiger partial charge is 0.459 e. The van der Waals surface area contributed by atoms with Crippen molar-refractivity contribution in [1.82, 2.24) is 4.98 Å². The van der Waals surface area contributed by atoms with Crippen molar-refractivity contribution in [3.05, 3.63) is 70.9 Å². The smallest absolute Gasteiger partial charge is 0.291 e. The number of hydrogen-bond donors (Lipinski definition) is 2. The van der Waals surface area contributed by atoms with E-state index in [0.717, 1.165) is 34.5 Å². The first-order valence-electron chi connectivity index (χ1n) is 9.55. The minimum Gasteiger partial charge on any atom is -0.459 e. The quantitative estimate of drug-likeness (QED) is 0.504. The van der Waals surface area contributed by atoms with Gasteiger partial charge in [-0.1, -0.05) is 43.7 Å². The van der Waals surface area contributed by atoms with Crippen LogP contribution in [0.4, 0.5) is 5.69 Å². The molecule has 0 aliphatic carbocycles. The minimum absolute atomic E-state index is 0. The van der Waals surface area contributed by atoms with Crippen molar-refractivity contribution >= 4 is 36.4 Å². The number of pyridine rings is 1. The highest BCUT2D eigenvalue weighted by atomic mass is 35.5. The number of anilines is 1. The lowest BCUT2D eigenvalue weighted by molar-refractivity contribution is 0.0996. The van der Waals surface area contributed by atoms with Gasteiger partial charge in [0.25, 0.3) is 5.91 Å². The fourth-order valence-corrected chi connectivity index (χ4v) is 3.35. The van der Waals surface area contributed by atoms with Gasteiger partial charge in [0, 0.05) is 17.8 Å². The Morgan fingerprint density at radius 2 is 1.80 bits per heavy atom. The molecule has 0 radical (unpaired) electrons. The monoisotopic (exact) mass is 449 g/mol. The lowest BCUT2D eigenvalue weighted by Gasteiger charge is -2.21. The van der Waals surface area contributed by atoms with Gasteiger partial charge in [-0.25, -0.2) is 0 Å². The molecule has 0 bridgehead atoms. The number of furan rings is 1. The van der Waals surface area contributed by atoms with Crippen molar-refractivity contribution in [2.45, 2.75) is 40.7 Å². The Labute approximate surface area is 190 Å². The Balaban J connectivity index is 0.00000225. The Morgan fingerprint density at radius 3 is 2.33 bits per heavy atom. The molecule has 0 atom stereocenters. The van der Waals surface area contributed by atoms with Gasteiger partial charge in [-0.05, 0) is 49.4 Å². The predicted octanol–water partition coefficient (Wildman–Crippen LogP) is 5.71. The molecule has 0 fully saturated rings. The van der Waals surface area contributed by atoms with Crippen molar-refractivity contribution in [3.63, 3.8) is 0 Å². The molecular weight excluding hydrogens is 421 g/mol. The van der Waals surface area contributed by atoms with Crippen LogP contribution < -0.4 is 11.1 Å². The summed E-state index contributed by atoms with van der Waals surface area (Å²) in [5.74, 6) is 0.407. The molecule has 0 aliphatic rings. The van der Waals surface area contributed by atoms with E-state index in [-0.39, 0.29) is 36.5 Å². The van der Waals surface area contributed by atoms with Gasteiger partial charge in [-0.3, -0.25) is 9.78 Å². The van der Waals surface area contributed by atoms with Gasteiger partial charge in [-0.15, -0.1) is 24.8 Å². The highest BCUT2D eigenvalue weighted by Crippen LogP contribution is 2.36. The summed E-state index contributed by atoms with van der Waals surface area (Å²) in [6.07, 6.45) is 2.32. The number of hydrogen-bond acceptors (Lipinski definition) is 4. The van der Waals surface area contributed by atoms with E-state index in [1.165, 1.54) is 11.8 Å². The Bertz CT molecular complexity index is 969. The summed E-state index contributed by atoms with van der Waals surface area (Å²) < 4.78 is 5.24. The van der Waals surface area contributed by atoms with Crippen molar-refractivity contribution in [2.75, 3.05) is 5.32 Å². The number of carbonyl (C=O) groups excluding carboxylic acids is 1. The van der Waals surface area contributed by atoms with E-state index < -0.39 is 0 Å². The number of nitrogens with two attached hydrogens (primary N) is 1. The van der Waals surface area contributed by atoms with Crippen LogP contribution in [0.25, 0.3) is 11.1 Å². The van der Waals surface area contributed by atoms with Gasteiger partial charge < -0.3 is 15.5 Å². The summed E-state index contributed by atoms with van der Waals surface area (Å²) in [4.78, 5) is 17.5. The number of nitrogens with one attached hydrogen (secondary N) is 1. The van der Waals surface area contributed by atoms with Gasteiger partial charge >= 0.3 is 0 Å². The average Bonchev–Trinajstić information content (AvgIpc) is 3.18. The number of amides is 1. The molecule has 5 nitrogen and oxygen atoms in total. The van der Waals surface area contributed by atoms with Crippen molar-refractivity contribution in [1.29, 1.82) is 0 Å². The van der Waals surface area contributed by atoms with Gasteiger partial charge in [-0.2, -0.15) is 0 Å². The molecule has 0 saturated heterocycles. The molecule has 0 spiro atoms. The molecule has 3 rings (SSSR count). The van der Waals surface area contributed by atoms with E-state index >= 15 is 0 Å². The highest BCUT2D eigenvalue weighted by Gasteiger charge is 2.21. The highest BCUT2D eigenvalue weighted by molar-refractivity contribution is 6.05. The Hall–Kier alpha value is -2.34. The first-order valence-corrected chi connectivity index (χ1v) is 9.55. The average molecular weight is 450 g/mol. The van der Waals surface area contributed by atoms with Crippen LogP contribution in [0.2, 0.25) is 0 Å². The predicted molar refractivity (Wildman–Crippen MR) is 127 cm³/mol. The molecule has 3 aromatic rings. The molecule has 2 heterocycles. The number of halogens is 2. The maximum absolute atomic E-state index is 12.7. The summed E-state index contributed by atoms with van der Waals surface area (Å²) in [6.45, 7) is 8.64. The van der Waals surface area contributed by atoms with Crippen molar-refractivity contribution < 1.29 is 9.21 Å².